The molecule has 0 atom stereocenters. The molecule has 1 amide bonds. The topological polar surface area (TPSA) is 63.7 Å². The molecule has 0 spiro atoms. The number of carbonyl (C=O) groups is 1. The Balaban J connectivity index is 1.85. The van der Waals surface area contributed by atoms with Gasteiger partial charge >= 0.3 is 0 Å². The minimum atomic E-state index is -0.293. The molecule has 0 aliphatic rings. The third-order valence-corrected chi connectivity index (χ3v) is 5.50. The lowest BCUT2D eigenvalue weighted by molar-refractivity contribution is 0.102. The van der Waals surface area contributed by atoms with Gasteiger partial charge in [0.25, 0.3) is 5.91 Å². The lowest BCUT2D eigenvalue weighted by Gasteiger charge is -2.16. The van der Waals surface area contributed by atoms with Crippen LogP contribution in [-0.2, 0) is 0 Å². The molecule has 0 aliphatic heterocycles. The molecule has 0 saturated carbocycles. The normalized spacial score (nSPS) is 10.5. The van der Waals surface area contributed by atoms with E-state index < -0.39 is 0 Å². The Morgan fingerprint density at radius 3 is 2.34 bits per heavy atom. The fourth-order valence-corrected chi connectivity index (χ4v) is 4.03. The first-order valence-corrected chi connectivity index (χ1v) is 10.3. The highest BCUT2D eigenvalue weighted by molar-refractivity contribution is 7.14. The summed E-state index contributed by atoms with van der Waals surface area (Å²) in [5, 5.41) is 5.97. The van der Waals surface area contributed by atoms with E-state index >= 15 is 0 Å². The van der Waals surface area contributed by atoms with E-state index in [4.69, 9.17) is 14.5 Å². The molecular weight excluding hydrogens is 386 g/mol. The van der Waals surface area contributed by atoms with E-state index in [-0.39, 0.29) is 5.91 Å². The molecule has 1 aromatic heterocycles. The first-order valence-electron chi connectivity index (χ1n) is 9.44. The summed E-state index contributed by atoms with van der Waals surface area (Å²) in [7, 11) is 3.06. The number of hydrogen-bond donors (Lipinski definition) is 1. The molecule has 29 heavy (non-hydrogen) atoms. The number of nitrogens with one attached hydrogen (secondary N) is 1. The number of methoxy groups -OCH3 is 2. The van der Waals surface area contributed by atoms with E-state index in [2.05, 4.69) is 24.1 Å². The summed E-state index contributed by atoms with van der Waals surface area (Å²) < 4.78 is 10.7. The second-order valence-corrected chi connectivity index (χ2v) is 7.10. The van der Waals surface area contributed by atoms with Crippen LogP contribution in [0.1, 0.15) is 24.2 Å². The Morgan fingerprint density at radius 1 is 1.07 bits per heavy atom. The molecule has 0 bridgehead atoms. The van der Waals surface area contributed by atoms with Gasteiger partial charge in [-0.3, -0.25) is 4.79 Å². The number of aromatic nitrogens is 1. The number of thiazole rings is 1. The van der Waals surface area contributed by atoms with Gasteiger partial charge in [0, 0.05) is 29.7 Å². The number of nitrogens with zero attached hydrogens (tertiary/aromatic N) is 2. The zero-order valence-electron chi connectivity index (χ0n) is 17.1. The van der Waals surface area contributed by atoms with Gasteiger partial charge in [-0.05, 0) is 38.1 Å². The van der Waals surface area contributed by atoms with Crippen LogP contribution in [0.4, 0.5) is 10.8 Å². The lowest BCUT2D eigenvalue weighted by Crippen LogP contribution is -2.21. The smallest absolute Gasteiger partial charge is 0.263 e. The second kappa shape index (κ2) is 9.43. The van der Waals surface area contributed by atoms with Crippen LogP contribution in [0.2, 0.25) is 0 Å². The van der Waals surface area contributed by atoms with Crippen molar-refractivity contribution >= 4 is 28.1 Å². The molecule has 6 nitrogen and oxygen atoms in total. The Kier molecular flexibility index (Phi) is 6.72. The SMILES string of the molecule is CCN(CC)c1nc(-c2cccc(NC(=O)c3c(OC)cccc3OC)c2)cs1. The lowest BCUT2D eigenvalue weighted by atomic mass is 10.1. The Bertz CT molecular complexity index is 961. The fourth-order valence-electron chi connectivity index (χ4n) is 3.06. The van der Waals surface area contributed by atoms with Crippen molar-refractivity contribution in [2.45, 2.75) is 13.8 Å². The van der Waals surface area contributed by atoms with Crippen molar-refractivity contribution in [3.8, 4) is 22.8 Å². The maximum atomic E-state index is 12.9. The van der Waals surface area contributed by atoms with Gasteiger partial charge in [-0.1, -0.05) is 18.2 Å². The number of ether oxygens (including phenoxy) is 2. The van der Waals surface area contributed by atoms with Gasteiger partial charge in [0.15, 0.2) is 5.13 Å². The molecule has 7 heteroatoms. The summed E-state index contributed by atoms with van der Waals surface area (Å²) in [5.74, 6) is 0.626. The monoisotopic (exact) mass is 411 g/mol. The molecule has 3 rings (SSSR count). The maximum absolute atomic E-state index is 12.9. The third kappa shape index (κ3) is 4.51. The first-order chi connectivity index (χ1) is 14.1. The maximum Gasteiger partial charge on any atom is 0.263 e. The van der Waals surface area contributed by atoms with E-state index in [1.165, 1.54) is 14.2 Å². The van der Waals surface area contributed by atoms with Crippen LogP contribution in [0.25, 0.3) is 11.3 Å². The van der Waals surface area contributed by atoms with Crippen molar-refractivity contribution in [1.29, 1.82) is 0 Å². The molecule has 0 aliphatic carbocycles. The van der Waals surface area contributed by atoms with Crippen LogP contribution < -0.4 is 19.7 Å². The number of amides is 1. The van der Waals surface area contributed by atoms with Crippen LogP contribution in [0, 0.1) is 0 Å². The van der Waals surface area contributed by atoms with E-state index in [0.717, 1.165) is 29.5 Å². The standard InChI is InChI=1S/C22H25N3O3S/c1-5-25(6-2)22-24-17(14-29-22)15-9-7-10-16(13-15)23-21(26)20-18(27-3)11-8-12-19(20)28-4/h7-14H,5-6H2,1-4H3,(H,23,26). The van der Waals surface area contributed by atoms with Crippen molar-refractivity contribution in [1.82, 2.24) is 4.98 Å². The molecule has 0 fully saturated rings. The molecule has 1 heterocycles. The first kappa shape index (κ1) is 20.7. The molecule has 3 aromatic rings. The number of anilines is 2. The van der Waals surface area contributed by atoms with Gasteiger partial charge in [0.1, 0.15) is 17.1 Å². The molecule has 1 N–H and O–H groups in total. The largest absolute Gasteiger partial charge is 0.496 e. The summed E-state index contributed by atoms with van der Waals surface area (Å²) in [6.07, 6.45) is 0. The average molecular weight is 412 g/mol. The summed E-state index contributed by atoms with van der Waals surface area (Å²) in [5.41, 5.74) is 2.88. The fraction of sp³-hybridized carbons (Fsp3) is 0.273. The summed E-state index contributed by atoms with van der Waals surface area (Å²) in [6, 6.07) is 12.9. The average Bonchev–Trinajstić information content (AvgIpc) is 3.24. The number of carbonyl (C=O) groups excluding carboxylic acids is 1. The van der Waals surface area contributed by atoms with E-state index in [1.54, 1.807) is 29.5 Å². The highest BCUT2D eigenvalue weighted by Crippen LogP contribution is 2.31. The predicted molar refractivity (Wildman–Crippen MR) is 119 cm³/mol. The van der Waals surface area contributed by atoms with E-state index in [9.17, 15) is 4.79 Å². The predicted octanol–water partition coefficient (Wildman–Crippen LogP) is 4.93. The van der Waals surface area contributed by atoms with Crippen molar-refractivity contribution < 1.29 is 14.3 Å². The minimum Gasteiger partial charge on any atom is -0.496 e. The molecule has 0 radical (unpaired) electrons. The van der Waals surface area contributed by atoms with Gasteiger partial charge in [-0.15, -0.1) is 11.3 Å². The Hall–Kier alpha value is -3.06. The zero-order chi connectivity index (χ0) is 20.8. The summed E-state index contributed by atoms with van der Waals surface area (Å²) in [6.45, 7) is 6.07. The van der Waals surface area contributed by atoms with E-state index in [0.29, 0.717) is 22.7 Å². The highest BCUT2D eigenvalue weighted by atomic mass is 32.1. The van der Waals surface area contributed by atoms with Gasteiger partial charge < -0.3 is 19.7 Å². The molecular formula is C22H25N3O3S. The van der Waals surface area contributed by atoms with Gasteiger partial charge in [0.05, 0.1) is 19.9 Å². The second-order valence-electron chi connectivity index (χ2n) is 6.26. The zero-order valence-corrected chi connectivity index (χ0v) is 17.9. The van der Waals surface area contributed by atoms with E-state index in [1.807, 2.05) is 29.6 Å². The van der Waals surface area contributed by atoms with Crippen molar-refractivity contribution in [3.63, 3.8) is 0 Å². The quantitative estimate of drug-likeness (QED) is 0.570. The number of hydrogen-bond acceptors (Lipinski definition) is 6. The third-order valence-electron chi connectivity index (χ3n) is 4.60. The van der Waals surface area contributed by atoms with Crippen LogP contribution in [-0.4, -0.2) is 38.2 Å². The number of rotatable bonds is 8. The minimum absolute atomic E-state index is 0.293. The van der Waals surface area contributed by atoms with Crippen LogP contribution in [0.3, 0.4) is 0 Å². The highest BCUT2D eigenvalue weighted by Gasteiger charge is 2.18. The molecule has 152 valence electrons. The summed E-state index contributed by atoms with van der Waals surface area (Å²) >= 11 is 1.62. The van der Waals surface area contributed by atoms with Crippen molar-refractivity contribution in [2.24, 2.45) is 0 Å². The van der Waals surface area contributed by atoms with Crippen LogP contribution in [0.5, 0.6) is 11.5 Å². The van der Waals surface area contributed by atoms with Crippen molar-refractivity contribution in [2.75, 3.05) is 37.5 Å². The number of benzene rings is 2. The molecule has 2 aromatic carbocycles. The van der Waals surface area contributed by atoms with Gasteiger partial charge in [0.2, 0.25) is 0 Å². The summed E-state index contributed by atoms with van der Waals surface area (Å²) in [4.78, 5) is 19.9. The Morgan fingerprint density at radius 2 is 1.72 bits per heavy atom. The molecule has 0 saturated heterocycles. The van der Waals surface area contributed by atoms with Crippen molar-refractivity contribution in [3.05, 3.63) is 53.4 Å². The van der Waals surface area contributed by atoms with Gasteiger partial charge in [-0.25, -0.2) is 4.98 Å². The van der Waals surface area contributed by atoms with Crippen LogP contribution >= 0.6 is 11.3 Å². The van der Waals surface area contributed by atoms with Gasteiger partial charge in [-0.2, -0.15) is 0 Å². The van der Waals surface area contributed by atoms with Crippen LogP contribution in [0.15, 0.2) is 47.8 Å². The molecule has 0 unspecified atom stereocenters. The Labute approximate surface area is 175 Å².